The molecule has 1 heterocycles. The molecule has 0 spiro atoms. The van der Waals surface area contributed by atoms with E-state index in [1.807, 2.05) is 48.7 Å². The molecule has 3 rings (SSSR count). The summed E-state index contributed by atoms with van der Waals surface area (Å²) in [4.78, 5) is 11.3. The SMILES string of the molecule is C[C@H](C(=O)O)c1cn(Cc2ccccc2)c2ccccc12. The van der Waals surface area contributed by atoms with Crippen molar-refractivity contribution in [3.05, 3.63) is 71.9 Å². The molecule has 3 heteroatoms. The van der Waals surface area contributed by atoms with Crippen molar-refractivity contribution < 1.29 is 9.90 Å². The quantitative estimate of drug-likeness (QED) is 0.787. The van der Waals surface area contributed by atoms with Crippen molar-refractivity contribution in [1.29, 1.82) is 0 Å². The number of aromatic nitrogens is 1. The number of carbonyl (C=O) groups is 1. The van der Waals surface area contributed by atoms with Crippen LogP contribution >= 0.6 is 0 Å². The number of carboxylic acid groups (broad SMARTS) is 1. The van der Waals surface area contributed by atoms with Gasteiger partial charge >= 0.3 is 5.97 Å². The largest absolute Gasteiger partial charge is 0.481 e. The number of hydrogen-bond acceptors (Lipinski definition) is 1. The first-order valence-electron chi connectivity index (χ1n) is 7.01. The third kappa shape index (κ3) is 2.55. The Hall–Kier alpha value is -2.55. The summed E-state index contributed by atoms with van der Waals surface area (Å²) in [7, 11) is 0. The van der Waals surface area contributed by atoms with Gasteiger partial charge in [-0.15, -0.1) is 0 Å². The number of para-hydroxylation sites is 1. The van der Waals surface area contributed by atoms with Crippen LogP contribution in [0.5, 0.6) is 0 Å². The van der Waals surface area contributed by atoms with Crippen LogP contribution in [0.1, 0.15) is 24.0 Å². The van der Waals surface area contributed by atoms with E-state index >= 15 is 0 Å². The molecule has 3 aromatic rings. The van der Waals surface area contributed by atoms with E-state index in [1.54, 1.807) is 6.92 Å². The van der Waals surface area contributed by atoms with E-state index in [1.165, 1.54) is 5.56 Å². The topological polar surface area (TPSA) is 42.2 Å². The Bertz CT molecular complexity index is 774. The fourth-order valence-electron chi connectivity index (χ4n) is 2.66. The zero-order valence-corrected chi connectivity index (χ0v) is 11.9. The van der Waals surface area contributed by atoms with E-state index in [0.29, 0.717) is 0 Å². The Morgan fingerprint density at radius 3 is 2.48 bits per heavy atom. The maximum atomic E-state index is 11.3. The average Bonchev–Trinajstić information content (AvgIpc) is 2.86. The van der Waals surface area contributed by atoms with Gasteiger partial charge < -0.3 is 9.67 Å². The van der Waals surface area contributed by atoms with Crippen LogP contribution in [0.2, 0.25) is 0 Å². The average molecular weight is 279 g/mol. The number of benzene rings is 2. The predicted octanol–water partition coefficient (Wildman–Crippen LogP) is 3.88. The van der Waals surface area contributed by atoms with Gasteiger partial charge in [-0.1, -0.05) is 48.5 Å². The van der Waals surface area contributed by atoms with E-state index in [9.17, 15) is 9.90 Å². The molecule has 3 nitrogen and oxygen atoms in total. The van der Waals surface area contributed by atoms with E-state index in [2.05, 4.69) is 16.7 Å². The number of nitrogens with zero attached hydrogens (tertiary/aromatic N) is 1. The Labute approximate surface area is 123 Å². The van der Waals surface area contributed by atoms with Crippen molar-refractivity contribution in [2.45, 2.75) is 19.4 Å². The lowest BCUT2D eigenvalue weighted by molar-refractivity contribution is -0.138. The molecule has 1 N–H and O–H groups in total. The Balaban J connectivity index is 2.09. The summed E-state index contributed by atoms with van der Waals surface area (Å²) in [5, 5.41) is 10.3. The molecule has 0 bridgehead atoms. The number of aliphatic carboxylic acids is 1. The molecular formula is C18H17NO2. The van der Waals surface area contributed by atoms with Crippen molar-refractivity contribution in [3.8, 4) is 0 Å². The molecule has 0 radical (unpaired) electrons. The Kier molecular flexibility index (Phi) is 3.48. The summed E-state index contributed by atoms with van der Waals surface area (Å²) in [5.74, 6) is -1.30. The third-order valence-electron chi connectivity index (χ3n) is 3.85. The molecule has 1 aromatic heterocycles. The van der Waals surface area contributed by atoms with Crippen LogP contribution in [0.3, 0.4) is 0 Å². The van der Waals surface area contributed by atoms with Gasteiger partial charge in [-0.3, -0.25) is 4.79 Å². The molecule has 0 unspecified atom stereocenters. The first kappa shape index (κ1) is 13.4. The van der Waals surface area contributed by atoms with E-state index < -0.39 is 11.9 Å². The minimum Gasteiger partial charge on any atom is -0.481 e. The number of hydrogen-bond donors (Lipinski definition) is 1. The highest BCUT2D eigenvalue weighted by molar-refractivity contribution is 5.89. The fraction of sp³-hybridized carbons (Fsp3) is 0.167. The lowest BCUT2D eigenvalue weighted by Gasteiger charge is -2.05. The van der Waals surface area contributed by atoms with Crippen LogP contribution in [0, 0.1) is 0 Å². The van der Waals surface area contributed by atoms with Crippen molar-refractivity contribution in [2.24, 2.45) is 0 Å². The molecule has 21 heavy (non-hydrogen) atoms. The van der Waals surface area contributed by atoms with Gasteiger partial charge in [0.1, 0.15) is 0 Å². The maximum absolute atomic E-state index is 11.3. The van der Waals surface area contributed by atoms with Crippen LogP contribution < -0.4 is 0 Å². The first-order valence-corrected chi connectivity index (χ1v) is 7.01. The normalized spacial score (nSPS) is 12.4. The fourth-order valence-corrected chi connectivity index (χ4v) is 2.66. The molecule has 2 aromatic carbocycles. The highest BCUT2D eigenvalue weighted by atomic mass is 16.4. The molecule has 0 aliphatic rings. The van der Waals surface area contributed by atoms with Crippen molar-refractivity contribution in [2.75, 3.05) is 0 Å². The zero-order valence-electron chi connectivity index (χ0n) is 11.9. The second kappa shape index (κ2) is 5.44. The monoisotopic (exact) mass is 279 g/mol. The van der Waals surface area contributed by atoms with Gasteiger partial charge in [0.05, 0.1) is 5.92 Å². The van der Waals surface area contributed by atoms with Crippen LogP contribution in [-0.4, -0.2) is 15.6 Å². The summed E-state index contributed by atoms with van der Waals surface area (Å²) in [5.41, 5.74) is 3.14. The minimum absolute atomic E-state index is 0.507. The van der Waals surface area contributed by atoms with Gasteiger partial charge in [0.2, 0.25) is 0 Å². The standard InChI is InChI=1S/C18H17NO2/c1-13(18(20)21)16-12-19(11-14-7-3-2-4-8-14)17-10-6-5-9-15(16)17/h2-10,12-13H,11H2,1H3,(H,20,21)/t13-/m0/s1. The summed E-state index contributed by atoms with van der Waals surface area (Å²) in [6.07, 6.45) is 1.97. The highest BCUT2D eigenvalue weighted by Crippen LogP contribution is 2.28. The predicted molar refractivity (Wildman–Crippen MR) is 83.5 cm³/mol. The van der Waals surface area contributed by atoms with Crippen molar-refractivity contribution in [3.63, 3.8) is 0 Å². The molecule has 1 atom stereocenters. The Morgan fingerprint density at radius 1 is 1.10 bits per heavy atom. The number of carboxylic acids is 1. The van der Waals surface area contributed by atoms with Crippen LogP contribution in [0.25, 0.3) is 10.9 Å². The number of fused-ring (bicyclic) bond motifs is 1. The van der Waals surface area contributed by atoms with E-state index in [4.69, 9.17) is 0 Å². The second-order valence-electron chi connectivity index (χ2n) is 5.28. The maximum Gasteiger partial charge on any atom is 0.310 e. The summed E-state index contributed by atoms with van der Waals surface area (Å²) in [6.45, 7) is 2.48. The highest BCUT2D eigenvalue weighted by Gasteiger charge is 2.19. The second-order valence-corrected chi connectivity index (χ2v) is 5.28. The summed E-state index contributed by atoms with van der Waals surface area (Å²) >= 11 is 0. The van der Waals surface area contributed by atoms with Gasteiger partial charge in [0, 0.05) is 23.6 Å². The van der Waals surface area contributed by atoms with E-state index in [-0.39, 0.29) is 0 Å². The molecule has 0 amide bonds. The Morgan fingerprint density at radius 2 is 1.76 bits per heavy atom. The van der Waals surface area contributed by atoms with Crippen molar-refractivity contribution in [1.82, 2.24) is 4.57 Å². The van der Waals surface area contributed by atoms with Gasteiger partial charge in [-0.05, 0) is 24.1 Å². The van der Waals surface area contributed by atoms with Crippen LogP contribution in [-0.2, 0) is 11.3 Å². The van der Waals surface area contributed by atoms with Crippen LogP contribution in [0.4, 0.5) is 0 Å². The molecule has 0 saturated heterocycles. The van der Waals surface area contributed by atoms with Crippen LogP contribution in [0.15, 0.2) is 60.8 Å². The lowest BCUT2D eigenvalue weighted by atomic mass is 10.0. The molecule has 0 aliphatic heterocycles. The van der Waals surface area contributed by atoms with Gasteiger partial charge in [-0.25, -0.2) is 0 Å². The first-order chi connectivity index (χ1) is 10.2. The van der Waals surface area contributed by atoms with E-state index in [0.717, 1.165) is 23.0 Å². The molecule has 0 saturated carbocycles. The zero-order chi connectivity index (χ0) is 14.8. The lowest BCUT2D eigenvalue weighted by Crippen LogP contribution is -2.06. The van der Waals surface area contributed by atoms with Gasteiger partial charge in [0.15, 0.2) is 0 Å². The molecule has 106 valence electrons. The van der Waals surface area contributed by atoms with Gasteiger partial charge in [0.25, 0.3) is 0 Å². The molecular weight excluding hydrogens is 262 g/mol. The summed E-state index contributed by atoms with van der Waals surface area (Å²) in [6, 6.07) is 18.2. The minimum atomic E-state index is -0.794. The molecule has 0 fully saturated rings. The summed E-state index contributed by atoms with van der Waals surface area (Å²) < 4.78 is 2.12. The third-order valence-corrected chi connectivity index (χ3v) is 3.85. The van der Waals surface area contributed by atoms with Gasteiger partial charge in [-0.2, -0.15) is 0 Å². The number of rotatable bonds is 4. The molecule has 0 aliphatic carbocycles. The van der Waals surface area contributed by atoms with Crippen molar-refractivity contribution >= 4 is 16.9 Å². The smallest absolute Gasteiger partial charge is 0.310 e.